The van der Waals surface area contributed by atoms with E-state index < -0.39 is 20.7 Å². The molecule has 0 saturated heterocycles. The standard InChI is InChI=1S/C9H9FN4O2S2/c1-5-2-6(10)8(3-7(5)11)18(15,16)14-9-13-12-4-17-9/h2-4H,11H2,1H3,(H,13,14). The molecule has 0 fully saturated rings. The van der Waals surface area contributed by atoms with Crippen molar-refractivity contribution < 1.29 is 12.8 Å². The predicted molar refractivity (Wildman–Crippen MR) is 66.3 cm³/mol. The van der Waals surface area contributed by atoms with Crippen LogP contribution in [0, 0.1) is 12.7 Å². The molecular formula is C9H9FN4O2S2. The highest BCUT2D eigenvalue weighted by molar-refractivity contribution is 7.93. The Hall–Kier alpha value is -1.74. The van der Waals surface area contributed by atoms with Gasteiger partial charge >= 0.3 is 0 Å². The third-order valence-electron chi connectivity index (χ3n) is 2.19. The lowest BCUT2D eigenvalue weighted by Crippen LogP contribution is -2.15. The Morgan fingerprint density at radius 2 is 2.17 bits per heavy atom. The zero-order valence-corrected chi connectivity index (χ0v) is 10.8. The topological polar surface area (TPSA) is 98.0 Å². The lowest BCUT2D eigenvalue weighted by atomic mass is 10.2. The summed E-state index contributed by atoms with van der Waals surface area (Å²) in [6, 6.07) is 2.15. The van der Waals surface area contributed by atoms with E-state index in [1.807, 2.05) is 0 Å². The number of nitrogens with one attached hydrogen (secondary N) is 1. The number of anilines is 2. The van der Waals surface area contributed by atoms with Crippen molar-refractivity contribution in [1.29, 1.82) is 0 Å². The summed E-state index contributed by atoms with van der Waals surface area (Å²) in [4.78, 5) is -0.513. The molecule has 9 heteroatoms. The summed E-state index contributed by atoms with van der Waals surface area (Å²) in [5.74, 6) is -0.862. The zero-order valence-electron chi connectivity index (χ0n) is 9.21. The van der Waals surface area contributed by atoms with Gasteiger partial charge in [-0.05, 0) is 24.6 Å². The van der Waals surface area contributed by atoms with Gasteiger partial charge in [-0.3, -0.25) is 4.72 Å². The molecule has 18 heavy (non-hydrogen) atoms. The van der Waals surface area contributed by atoms with Crippen LogP contribution in [0.3, 0.4) is 0 Å². The van der Waals surface area contributed by atoms with Crippen LogP contribution in [0.4, 0.5) is 15.2 Å². The first kappa shape index (κ1) is 12.7. The first-order chi connectivity index (χ1) is 8.40. The van der Waals surface area contributed by atoms with Crippen molar-refractivity contribution in [2.45, 2.75) is 11.8 Å². The normalized spacial score (nSPS) is 11.4. The van der Waals surface area contributed by atoms with E-state index >= 15 is 0 Å². The molecule has 0 unspecified atom stereocenters. The highest BCUT2D eigenvalue weighted by atomic mass is 32.2. The van der Waals surface area contributed by atoms with Crippen LogP contribution in [0.2, 0.25) is 0 Å². The van der Waals surface area contributed by atoms with E-state index in [4.69, 9.17) is 5.73 Å². The molecule has 96 valence electrons. The quantitative estimate of drug-likeness (QED) is 0.831. The molecule has 2 rings (SSSR count). The fourth-order valence-electron chi connectivity index (χ4n) is 1.26. The summed E-state index contributed by atoms with van der Waals surface area (Å²) in [6.07, 6.45) is 0. The first-order valence-corrected chi connectivity index (χ1v) is 7.11. The molecule has 0 amide bonds. The minimum atomic E-state index is -4.05. The van der Waals surface area contributed by atoms with Crippen molar-refractivity contribution in [2.24, 2.45) is 0 Å². The van der Waals surface area contributed by atoms with Gasteiger partial charge < -0.3 is 5.73 Å². The first-order valence-electron chi connectivity index (χ1n) is 4.75. The molecule has 0 radical (unpaired) electrons. The smallest absolute Gasteiger partial charge is 0.266 e. The summed E-state index contributed by atoms with van der Waals surface area (Å²) < 4.78 is 39.6. The average molecular weight is 288 g/mol. The van der Waals surface area contributed by atoms with Crippen molar-refractivity contribution >= 4 is 32.2 Å². The lowest BCUT2D eigenvalue weighted by molar-refractivity contribution is 0.570. The number of hydrogen-bond acceptors (Lipinski definition) is 6. The van der Waals surface area contributed by atoms with Crippen LogP contribution in [0.5, 0.6) is 0 Å². The monoisotopic (exact) mass is 288 g/mol. The molecule has 2 aromatic rings. The van der Waals surface area contributed by atoms with Gasteiger partial charge in [-0.1, -0.05) is 11.3 Å². The SMILES string of the molecule is Cc1cc(F)c(S(=O)(=O)Nc2nncs2)cc1N. The Bertz CT molecular complexity index is 670. The van der Waals surface area contributed by atoms with Crippen LogP contribution in [0.1, 0.15) is 5.56 Å². The minimum absolute atomic E-state index is 0.0635. The Morgan fingerprint density at radius 3 is 2.78 bits per heavy atom. The van der Waals surface area contributed by atoms with E-state index in [-0.39, 0.29) is 10.8 Å². The molecule has 0 saturated carbocycles. The average Bonchev–Trinajstić information content (AvgIpc) is 2.75. The highest BCUT2D eigenvalue weighted by Gasteiger charge is 2.21. The fourth-order valence-corrected chi connectivity index (χ4v) is 3.05. The van der Waals surface area contributed by atoms with Crippen LogP contribution in [-0.2, 0) is 10.0 Å². The van der Waals surface area contributed by atoms with E-state index in [1.165, 1.54) is 5.51 Å². The molecule has 0 atom stereocenters. The Kier molecular flexibility index (Phi) is 3.18. The maximum absolute atomic E-state index is 13.6. The van der Waals surface area contributed by atoms with Crippen molar-refractivity contribution in [3.05, 3.63) is 29.0 Å². The second kappa shape index (κ2) is 4.50. The molecule has 1 aromatic carbocycles. The van der Waals surface area contributed by atoms with E-state index in [1.54, 1.807) is 6.92 Å². The summed E-state index contributed by atoms with van der Waals surface area (Å²) in [5, 5.41) is 7.06. The Morgan fingerprint density at radius 1 is 1.44 bits per heavy atom. The lowest BCUT2D eigenvalue weighted by Gasteiger charge is -2.08. The predicted octanol–water partition coefficient (Wildman–Crippen LogP) is 1.37. The molecule has 0 spiro atoms. The van der Waals surface area contributed by atoms with Gasteiger partial charge in [-0.2, -0.15) is 0 Å². The number of hydrogen-bond donors (Lipinski definition) is 2. The summed E-state index contributed by atoms with van der Waals surface area (Å²) in [5.41, 5.74) is 7.61. The van der Waals surface area contributed by atoms with E-state index in [2.05, 4.69) is 14.9 Å². The van der Waals surface area contributed by atoms with Gasteiger partial charge in [0.1, 0.15) is 16.2 Å². The van der Waals surface area contributed by atoms with Crippen molar-refractivity contribution in [3.8, 4) is 0 Å². The highest BCUT2D eigenvalue weighted by Crippen LogP contribution is 2.23. The van der Waals surface area contributed by atoms with Gasteiger partial charge in [0, 0.05) is 5.69 Å². The number of nitrogens with zero attached hydrogens (tertiary/aromatic N) is 2. The van der Waals surface area contributed by atoms with Gasteiger partial charge in [-0.15, -0.1) is 10.2 Å². The van der Waals surface area contributed by atoms with E-state index in [0.29, 0.717) is 5.56 Å². The van der Waals surface area contributed by atoms with Crippen LogP contribution in [0.25, 0.3) is 0 Å². The molecule has 0 aliphatic carbocycles. The number of aryl methyl sites for hydroxylation is 1. The van der Waals surface area contributed by atoms with Crippen LogP contribution in [0.15, 0.2) is 22.5 Å². The molecule has 1 aromatic heterocycles. The van der Waals surface area contributed by atoms with Gasteiger partial charge in [0.15, 0.2) is 0 Å². The maximum atomic E-state index is 13.6. The summed E-state index contributed by atoms with van der Waals surface area (Å²) in [6.45, 7) is 1.59. The zero-order chi connectivity index (χ0) is 13.3. The largest absolute Gasteiger partial charge is 0.398 e. The summed E-state index contributed by atoms with van der Waals surface area (Å²) in [7, 11) is -4.05. The fraction of sp³-hybridized carbons (Fsp3) is 0.111. The van der Waals surface area contributed by atoms with Crippen molar-refractivity contribution in [1.82, 2.24) is 10.2 Å². The van der Waals surface area contributed by atoms with Crippen LogP contribution >= 0.6 is 11.3 Å². The van der Waals surface area contributed by atoms with Gasteiger partial charge in [0.2, 0.25) is 5.13 Å². The van der Waals surface area contributed by atoms with Crippen LogP contribution in [-0.4, -0.2) is 18.6 Å². The number of nitrogen functional groups attached to an aromatic ring is 1. The number of rotatable bonds is 3. The number of sulfonamides is 1. The van der Waals surface area contributed by atoms with Gasteiger partial charge in [0.05, 0.1) is 0 Å². The number of halogens is 1. The second-order valence-electron chi connectivity index (χ2n) is 3.49. The maximum Gasteiger partial charge on any atom is 0.266 e. The van der Waals surface area contributed by atoms with Crippen molar-refractivity contribution in [2.75, 3.05) is 10.5 Å². The van der Waals surface area contributed by atoms with E-state index in [0.717, 1.165) is 23.5 Å². The van der Waals surface area contributed by atoms with Gasteiger partial charge in [-0.25, -0.2) is 12.8 Å². The molecule has 0 bridgehead atoms. The number of aromatic nitrogens is 2. The molecule has 1 heterocycles. The number of benzene rings is 1. The van der Waals surface area contributed by atoms with E-state index in [9.17, 15) is 12.8 Å². The molecule has 3 N–H and O–H groups in total. The molecular weight excluding hydrogens is 279 g/mol. The Balaban J connectivity index is 2.44. The third kappa shape index (κ3) is 2.41. The Labute approximate surface area is 107 Å². The minimum Gasteiger partial charge on any atom is -0.398 e. The van der Waals surface area contributed by atoms with Gasteiger partial charge in [0.25, 0.3) is 10.0 Å². The van der Waals surface area contributed by atoms with Crippen LogP contribution < -0.4 is 10.5 Å². The molecule has 6 nitrogen and oxygen atoms in total. The molecule has 0 aliphatic rings. The molecule has 0 aliphatic heterocycles. The summed E-state index contributed by atoms with van der Waals surface area (Å²) >= 11 is 0.991. The van der Waals surface area contributed by atoms with Crippen molar-refractivity contribution in [3.63, 3.8) is 0 Å². The number of nitrogens with two attached hydrogens (primary N) is 1. The third-order valence-corrected chi connectivity index (χ3v) is 4.28. The second-order valence-corrected chi connectivity index (χ2v) is 5.97.